The highest BCUT2D eigenvalue weighted by Crippen LogP contribution is 2.25. The van der Waals surface area contributed by atoms with Gasteiger partial charge >= 0.3 is 0 Å². The van der Waals surface area contributed by atoms with Crippen LogP contribution in [-0.2, 0) is 6.54 Å². The Bertz CT molecular complexity index is 401. The van der Waals surface area contributed by atoms with Gasteiger partial charge in [-0.15, -0.1) is 0 Å². The molecule has 1 aromatic carbocycles. The van der Waals surface area contributed by atoms with Gasteiger partial charge in [0, 0.05) is 12.6 Å². The molecule has 5 nitrogen and oxygen atoms in total. The molecule has 0 aliphatic carbocycles. The molecular formula is C13H21N3O2. The van der Waals surface area contributed by atoms with Crippen molar-refractivity contribution >= 4 is 11.4 Å². The van der Waals surface area contributed by atoms with Crippen LogP contribution in [0.1, 0.15) is 32.3 Å². The van der Waals surface area contributed by atoms with Crippen molar-refractivity contribution in [2.45, 2.75) is 33.2 Å². The topological polar surface area (TPSA) is 72.4 Å². The number of rotatable bonds is 7. The minimum Gasteiger partial charge on any atom is -0.393 e. The van der Waals surface area contributed by atoms with E-state index < -0.39 is 4.92 Å². The summed E-state index contributed by atoms with van der Waals surface area (Å²) >= 11 is 0. The molecule has 0 saturated heterocycles. The Balaban J connectivity index is 2.88. The second-order valence-corrected chi connectivity index (χ2v) is 4.38. The van der Waals surface area contributed by atoms with Crippen molar-refractivity contribution < 1.29 is 4.92 Å². The van der Waals surface area contributed by atoms with E-state index in [2.05, 4.69) is 18.7 Å². The monoisotopic (exact) mass is 251 g/mol. The predicted octanol–water partition coefficient (Wildman–Crippen LogP) is 2.80. The van der Waals surface area contributed by atoms with Gasteiger partial charge in [0.1, 0.15) is 5.69 Å². The molecule has 5 heteroatoms. The number of nitrogens with zero attached hydrogens (tertiary/aromatic N) is 2. The van der Waals surface area contributed by atoms with Crippen LogP contribution in [-0.4, -0.2) is 22.9 Å². The van der Waals surface area contributed by atoms with Crippen LogP contribution < -0.4 is 5.73 Å². The number of nitrogen functional groups attached to an aromatic ring is 1. The van der Waals surface area contributed by atoms with Gasteiger partial charge in [0.2, 0.25) is 0 Å². The van der Waals surface area contributed by atoms with Crippen LogP contribution in [0.4, 0.5) is 11.4 Å². The smallest absolute Gasteiger partial charge is 0.292 e. The van der Waals surface area contributed by atoms with Crippen molar-refractivity contribution in [2.24, 2.45) is 0 Å². The molecule has 1 aromatic rings. The minimum absolute atomic E-state index is 0.000414. The number of anilines is 1. The summed E-state index contributed by atoms with van der Waals surface area (Å²) in [4.78, 5) is 12.7. The van der Waals surface area contributed by atoms with Crippen LogP contribution in [0, 0.1) is 10.1 Å². The maximum absolute atomic E-state index is 10.8. The summed E-state index contributed by atoms with van der Waals surface area (Å²) < 4.78 is 0. The largest absolute Gasteiger partial charge is 0.393 e. The Morgan fingerprint density at radius 2 is 1.89 bits per heavy atom. The number of para-hydroxylation sites is 1. The first-order valence-electron chi connectivity index (χ1n) is 6.34. The molecule has 0 unspecified atom stereocenters. The van der Waals surface area contributed by atoms with E-state index in [1.165, 1.54) is 6.07 Å². The maximum atomic E-state index is 10.8. The Morgan fingerprint density at radius 3 is 2.39 bits per heavy atom. The number of hydrogen-bond acceptors (Lipinski definition) is 4. The van der Waals surface area contributed by atoms with Gasteiger partial charge in [-0.1, -0.05) is 26.0 Å². The fraction of sp³-hybridized carbons (Fsp3) is 0.538. The summed E-state index contributed by atoms with van der Waals surface area (Å²) in [5.41, 5.74) is 6.99. The van der Waals surface area contributed by atoms with E-state index in [0.29, 0.717) is 12.2 Å². The van der Waals surface area contributed by atoms with Crippen molar-refractivity contribution in [3.8, 4) is 0 Å². The van der Waals surface area contributed by atoms with Gasteiger partial charge in [0.25, 0.3) is 5.69 Å². The van der Waals surface area contributed by atoms with Crippen LogP contribution in [0.3, 0.4) is 0 Å². The van der Waals surface area contributed by atoms with E-state index in [0.717, 1.165) is 31.5 Å². The second-order valence-electron chi connectivity index (χ2n) is 4.38. The summed E-state index contributed by atoms with van der Waals surface area (Å²) in [7, 11) is 0. The van der Waals surface area contributed by atoms with Gasteiger partial charge in [-0.2, -0.15) is 0 Å². The van der Waals surface area contributed by atoms with Crippen molar-refractivity contribution in [3.63, 3.8) is 0 Å². The minimum atomic E-state index is -0.428. The van der Waals surface area contributed by atoms with Gasteiger partial charge in [0.05, 0.1) is 4.92 Å². The lowest BCUT2D eigenvalue weighted by Crippen LogP contribution is -2.25. The predicted molar refractivity (Wildman–Crippen MR) is 73.4 cm³/mol. The highest BCUT2D eigenvalue weighted by molar-refractivity contribution is 5.62. The molecule has 0 aliphatic heterocycles. The van der Waals surface area contributed by atoms with Crippen LogP contribution in [0.25, 0.3) is 0 Å². The number of nitro groups is 1. The lowest BCUT2D eigenvalue weighted by molar-refractivity contribution is -0.384. The normalized spacial score (nSPS) is 10.8. The van der Waals surface area contributed by atoms with Gasteiger partial charge in [-0.05, 0) is 31.5 Å². The van der Waals surface area contributed by atoms with E-state index in [1.807, 2.05) is 6.07 Å². The van der Waals surface area contributed by atoms with Crippen LogP contribution in [0.5, 0.6) is 0 Å². The third-order valence-corrected chi connectivity index (χ3v) is 2.84. The molecule has 18 heavy (non-hydrogen) atoms. The molecule has 0 spiro atoms. The number of nitrogens with two attached hydrogens (primary N) is 1. The molecule has 0 aromatic heterocycles. The van der Waals surface area contributed by atoms with Crippen LogP contribution in [0.15, 0.2) is 18.2 Å². The van der Waals surface area contributed by atoms with Crippen molar-refractivity contribution in [1.82, 2.24) is 4.90 Å². The Morgan fingerprint density at radius 1 is 1.28 bits per heavy atom. The summed E-state index contributed by atoms with van der Waals surface area (Å²) in [6.45, 7) is 6.89. The molecular weight excluding hydrogens is 230 g/mol. The molecule has 1 rings (SSSR count). The molecule has 100 valence electrons. The molecule has 0 aliphatic rings. The number of hydrogen-bond donors (Lipinski definition) is 1. The first-order chi connectivity index (χ1) is 8.60. The van der Waals surface area contributed by atoms with E-state index >= 15 is 0 Å². The Hall–Kier alpha value is -1.62. The average Bonchev–Trinajstić information content (AvgIpc) is 2.32. The van der Waals surface area contributed by atoms with Gasteiger partial charge in [0.15, 0.2) is 0 Å². The third kappa shape index (κ3) is 3.70. The second kappa shape index (κ2) is 6.96. The highest BCUT2D eigenvalue weighted by Gasteiger charge is 2.15. The van der Waals surface area contributed by atoms with Crippen molar-refractivity contribution in [3.05, 3.63) is 33.9 Å². The maximum Gasteiger partial charge on any atom is 0.292 e. The van der Waals surface area contributed by atoms with E-state index in [1.54, 1.807) is 6.07 Å². The molecule has 0 bridgehead atoms. The Labute approximate surface area is 108 Å². The van der Waals surface area contributed by atoms with Crippen molar-refractivity contribution in [2.75, 3.05) is 18.8 Å². The lowest BCUT2D eigenvalue weighted by Gasteiger charge is -2.21. The quantitative estimate of drug-likeness (QED) is 0.459. The number of benzene rings is 1. The Kier molecular flexibility index (Phi) is 5.58. The SMILES string of the molecule is CCCN(CCC)Cc1cccc([N+](=O)[O-])c1N. The molecule has 0 fully saturated rings. The average molecular weight is 251 g/mol. The highest BCUT2D eigenvalue weighted by atomic mass is 16.6. The van der Waals surface area contributed by atoms with Gasteiger partial charge < -0.3 is 5.73 Å². The van der Waals surface area contributed by atoms with Gasteiger partial charge in [-0.3, -0.25) is 15.0 Å². The van der Waals surface area contributed by atoms with Crippen LogP contribution >= 0.6 is 0 Å². The zero-order chi connectivity index (χ0) is 13.5. The number of nitro benzene ring substituents is 1. The zero-order valence-corrected chi connectivity index (χ0v) is 11.1. The lowest BCUT2D eigenvalue weighted by atomic mass is 10.1. The van der Waals surface area contributed by atoms with Gasteiger partial charge in [-0.25, -0.2) is 0 Å². The summed E-state index contributed by atoms with van der Waals surface area (Å²) in [6, 6.07) is 5.00. The fourth-order valence-electron chi connectivity index (χ4n) is 2.04. The standard InChI is InChI=1S/C13H21N3O2/c1-3-8-15(9-4-2)10-11-6-5-7-12(13(11)14)16(17)18/h5-7H,3-4,8-10,14H2,1-2H3. The summed E-state index contributed by atoms with van der Waals surface area (Å²) in [5.74, 6) is 0. The molecule has 2 N–H and O–H groups in total. The van der Waals surface area contributed by atoms with E-state index in [-0.39, 0.29) is 5.69 Å². The molecule has 0 heterocycles. The van der Waals surface area contributed by atoms with E-state index in [4.69, 9.17) is 5.73 Å². The van der Waals surface area contributed by atoms with Crippen molar-refractivity contribution in [1.29, 1.82) is 0 Å². The van der Waals surface area contributed by atoms with E-state index in [9.17, 15) is 10.1 Å². The summed E-state index contributed by atoms with van der Waals surface area (Å²) in [6.07, 6.45) is 2.13. The zero-order valence-electron chi connectivity index (χ0n) is 11.1. The first kappa shape index (κ1) is 14.4. The summed E-state index contributed by atoms with van der Waals surface area (Å²) in [5, 5.41) is 10.8. The van der Waals surface area contributed by atoms with Crippen LogP contribution in [0.2, 0.25) is 0 Å². The molecule has 0 amide bonds. The third-order valence-electron chi connectivity index (χ3n) is 2.84. The molecule has 0 radical (unpaired) electrons. The molecule has 0 atom stereocenters. The molecule has 0 saturated carbocycles. The fourth-order valence-corrected chi connectivity index (χ4v) is 2.04. The first-order valence-corrected chi connectivity index (χ1v) is 6.34.